The van der Waals surface area contributed by atoms with Crippen LogP contribution in [0.2, 0.25) is 0 Å². The van der Waals surface area contributed by atoms with E-state index in [0.29, 0.717) is 6.42 Å². The first kappa shape index (κ1) is 20.7. The van der Waals surface area contributed by atoms with E-state index in [2.05, 4.69) is 52.8 Å². The first-order valence-electron chi connectivity index (χ1n) is 9.18. The Kier molecular flexibility index (Phi) is 7.45. The highest BCUT2D eigenvalue weighted by Gasteiger charge is 2.44. The molecule has 1 aliphatic rings. The summed E-state index contributed by atoms with van der Waals surface area (Å²) < 4.78 is 14.8. The predicted molar refractivity (Wildman–Crippen MR) is 106 cm³/mol. The first-order chi connectivity index (χ1) is 11.2. The molecule has 0 nitrogen and oxygen atoms in total. The van der Waals surface area contributed by atoms with Crippen LogP contribution in [-0.4, -0.2) is 0 Å². The molecule has 1 rings (SSSR count). The van der Waals surface area contributed by atoms with Crippen molar-refractivity contribution in [2.24, 2.45) is 16.7 Å². The van der Waals surface area contributed by atoms with Crippen LogP contribution in [0.4, 0.5) is 4.39 Å². The maximum absolute atomic E-state index is 14.8. The Morgan fingerprint density at radius 3 is 2.38 bits per heavy atom. The van der Waals surface area contributed by atoms with Gasteiger partial charge in [0, 0.05) is 0 Å². The molecule has 0 aliphatic heterocycles. The SMILES string of the molecule is C/C=C\C=C/CC1=C(F)C=C(C)CC1C(C)(C=CCC)C(C)(C)C. The normalized spacial score (nSPS) is 22.7. The standard InChI is InChI=1S/C23H35F/c1-8-10-12-13-14-19-20(16-18(3)17-21(19)24)23(7,15-11-9-2)22(4,5)6/h8,10-13,15,17,20H,9,14,16H2,1-7H3/b10-8-,13-12-,15-11?. The smallest absolute Gasteiger partial charge is 0.122 e. The van der Waals surface area contributed by atoms with E-state index < -0.39 is 0 Å². The molecule has 0 radical (unpaired) electrons. The Bertz CT molecular complexity index is 563. The molecule has 0 N–H and O–H groups in total. The van der Waals surface area contributed by atoms with Crippen molar-refractivity contribution < 1.29 is 4.39 Å². The summed E-state index contributed by atoms with van der Waals surface area (Å²) in [6.07, 6.45) is 17.0. The van der Waals surface area contributed by atoms with Crippen molar-refractivity contribution in [2.45, 2.75) is 67.7 Å². The van der Waals surface area contributed by atoms with Crippen molar-refractivity contribution in [3.8, 4) is 0 Å². The highest BCUT2D eigenvalue weighted by molar-refractivity contribution is 5.35. The average Bonchev–Trinajstić information content (AvgIpc) is 2.49. The summed E-state index contributed by atoms with van der Waals surface area (Å²) in [6.45, 7) is 15.3. The molecular weight excluding hydrogens is 295 g/mol. The summed E-state index contributed by atoms with van der Waals surface area (Å²) in [7, 11) is 0. The maximum Gasteiger partial charge on any atom is 0.122 e. The number of rotatable bonds is 6. The van der Waals surface area contributed by atoms with Crippen LogP contribution < -0.4 is 0 Å². The molecule has 1 aliphatic carbocycles. The fourth-order valence-electron chi connectivity index (χ4n) is 3.43. The first-order valence-corrected chi connectivity index (χ1v) is 9.18. The fourth-order valence-corrected chi connectivity index (χ4v) is 3.43. The average molecular weight is 331 g/mol. The molecule has 0 aromatic rings. The molecule has 0 aromatic heterocycles. The van der Waals surface area contributed by atoms with E-state index in [1.54, 1.807) is 6.08 Å². The van der Waals surface area contributed by atoms with Crippen molar-refractivity contribution in [3.63, 3.8) is 0 Å². The topological polar surface area (TPSA) is 0 Å². The highest BCUT2D eigenvalue weighted by atomic mass is 19.1. The van der Waals surface area contributed by atoms with Gasteiger partial charge >= 0.3 is 0 Å². The molecule has 0 heterocycles. The van der Waals surface area contributed by atoms with Crippen LogP contribution >= 0.6 is 0 Å². The van der Waals surface area contributed by atoms with Crippen LogP contribution in [0.15, 0.2) is 59.5 Å². The minimum absolute atomic E-state index is 0.0331. The number of hydrogen-bond donors (Lipinski definition) is 0. The van der Waals surface area contributed by atoms with Crippen molar-refractivity contribution in [2.75, 3.05) is 0 Å². The predicted octanol–water partition coefficient (Wildman–Crippen LogP) is 7.72. The van der Waals surface area contributed by atoms with E-state index in [0.717, 1.165) is 24.0 Å². The Hall–Kier alpha value is -1.37. The van der Waals surface area contributed by atoms with Crippen molar-refractivity contribution >= 4 is 0 Å². The molecule has 0 aromatic carbocycles. The van der Waals surface area contributed by atoms with Crippen molar-refractivity contribution in [3.05, 3.63) is 59.5 Å². The van der Waals surface area contributed by atoms with Crippen molar-refractivity contribution in [1.29, 1.82) is 0 Å². The summed E-state index contributed by atoms with van der Waals surface area (Å²) in [5.74, 6) is 0.162. The van der Waals surface area contributed by atoms with Gasteiger partial charge in [0.2, 0.25) is 0 Å². The zero-order valence-corrected chi connectivity index (χ0v) is 16.6. The summed E-state index contributed by atoms with van der Waals surface area (Å²) >= 11 is 0. The second kappa shape index (κ2) is 8.65. The minimum atomic E-state index is -0.0837. The maximum atomic E-state index is 14.8. The molecule has 0 saturated carbocycles. The summed E-state index contributed by atoms with van der Waals surface area (Å²) in [5.41, 5.74) is 2.05. The molecule has 134 valence electrons. The van der Waals surface area contributed by atoms with E-state index >= 15 is 0 Å². The van der Waals surface area contributed by atoms with E-state index in [9.17, 15) is 4.39 Å². The quantitative estimate of drug-likeness (QED) is 0.345. The Morgan fingerprint density at radius 1 is 1.17 bits per heavy atom. The number of allylic oxidation sites excluding steroid dienone is 10. The molecule has 1 heteroatoms. The summed E-state index contributed by atoms with van der Waals surface area (Å²) in [4.78, 5) is 0. The van der Waals surface area contributed by atoms with Gasteiger partial charge in [0.15, 0.2) is 0 Å². The molecule has 2 atom stereocenters. The van der Waals surface area contributed by atoms with Crippen LogP contribution in [0.1, 0.15) is 67.7 Å². The van der Waals surface area contributed by atoms with Crippen LogP contribution in [0.25, 0.3) is 0 Å². The van der Waals surface area contributed by atoms with Gasteiger partial charge in [-0.2, -0.15) is 0 Å². The van der Waals surface area contributed by atoms with Gasteiger partial charge in [0.25, 0.3) is 0 Å². The van der Waals surface area contributed by atoms with Crippen LogP contribution in [-0.2, 0) is 0 Å². The highest BCUT2D eigenvalue weighted by Crippen LogP contribution is 2.53. The summed E-state index contributed by atoms with van der Waals surface area (Å²) in [6, 6.07) is 0. The number of halogens is 1. The van der Waals surface area contributed by atoms with Gasteiger partial charge in [-0.15, -0.1) is 0 Å². The van der Waals surface area contributed by atoms with Gasteiger partial charge in [0.05, 0.1) is 0 Å². The monoisotopic (exact) mass is 330 g/mol. The van der Waals surface area contributed by atoms with Gasteiger partial charge in [0.1, 0.15) is 5.83 Å². The molecule has 0 amide bonds. The second-order valence-corrected chi connectivity index (χ2v) is 8.12. The fraction of sp³-hybridized carbons (Fsp3) is 0.565. The zero-order chi connectivity index (χ0) is 18.4. The van der Waals surface area contributed by atoms with Gasteiger partial charge in [-0.05, 0) is 61.5 Å². The van der Waals surface area contributed by atoms with Crippen LogP contribution in [0.5, 0.6) is 0 Å². The molecule has 2 unspecified atom stereocenters. The third kappa shape index (κ3) is 4.82. The van der Waals surface area contributed by atoms with Crippen LogP contribution in [0.3, 0.4) is 0 Å². The van der Waals surface area contributed by atoms with Gasteiger partial charge in [-0.1, -0.05) is 76.6 Å². The van der Waals surface area contributed by atoms with E-state index in [-0.39, 0.29) is 22.6 Å². The zero-order valence-electron chi connectivity index (χ0n) is 16.6. The van der Waals surface area contributed by atoms with Gasteiger partial charge in [-0.3, -0.25) is 0 Å². The lowest BCUT2D eigenvalue weighted by molar-refractivity contribution is 0.103. The molecule has 0 fully saturated rings. The Morgan fingerprint density at radius 2 is 1.83 bits per heavy atom. The Balaban J connectivity index is 3.33. The minimum Gasteiger partial charge on any atom is -0.207 e. The third-order valence-electron chi connectivity index (χ3n) is 5.44. The van der Waals surface area contributed by atoms with Gasteiger partial charge < -0.3 is 0 Å². The molecule has 24 heavy (non-hydrogen) atoms. The van der Waals surface area contributed by atoms with Crippen LogP contribution in [0, 0.1) is 16.7 Å². The van der Waals surface area contributed by atoms with Gasteiger partial charge in [-0.25, -0.2) is 4.39 Å². The van der Waals surface area contributed by atoms with E-state index in [4.69, 9.17) is 0 Å². The molecule has 0 bridgehead atoms. The van der Waals surface area contributed by atoms with E-state index in [1.165, 1.54) is 0 Å². The molecule has 0 spiro atoms. The molecular formula is C23H35F. The number of hydrogen-bond acceptors (Lipinski definition) is 0. The largest absolute Gasteiger partial charge is 0.207 e. The lowest BCUT2D eigenvalue weighted by Crippen LogP contribution is -2.40. The second-order valence-electron chi connectivity index (χ2n) is 8.12. The lowest BCUT2D eigenvalue weighted by Gasteiger charge is -2.48. The Labute approximate surface area is 148 Å². The third-order valence-corrected chi connectivity index (χ3v) is 5.44. The summed E-state index contributed by atoms with van der Waals surface area (Å²) in [5, 5.41) is 0. The lowest BCUT2D eigenvalue weighted by atomic mass is 9.56. The van der Waals surface area contributed by atoms with Crippen molar-refractivity contribution in [1.82, 2.24) is 0 Å². The van der Waals surface area contributed by atoms with E-state index in [1.807, 2.05) is 32.1 Å². The molecule has 0 saturated heterocycles.